The monoisotopic (exact) mass is 482 g/mol. The third-order valence-electron chi connectivity index (χ3n) is 5.71. The van der Waals surface area contributed by atoms with Gasteiger partial charge < -0.3 is 15.1 Å². The number of rotatable bonds is 4. The van der Waals surface area contributed by atoms with Crippen molar-refractivity contribution in [2.45, 2.75) is 26.2 Å². The molecule has 3 aromatic rings. The molecule has 6 nitrogen and oxygen atoms in total. The van der Waals surface area contributed by atoms with E-state index < -0.39 is 0 Å². The van der Waals surface area contributed by atoms with Gasteiger partial charge in [0, 0.05) is 47.8 Å². The number of nitrogens with zero attached hydrogens (tertiary/aromatic N) is 3. The van der Waals surface area contributed by atoms with Gasteiger partial charge in [-0.15, -0.1) is 11.3 Å². The third-order valence-corrected chi connectivity index (χ3v) is 6.86. The highest BCUT2D eigenvalue weighted by atomic mass is 35.5. The van der Waals surface area contributed by atoms with E-state index in [1.807, 2.05) is 5.38 Å². The minimum Gasteiger partial charge on any atom is -0.335 e. The number of urea groups is 1. The molecule has 0 aliphatic carbocycles. The summed E-state index contributed by atoms with van der Waals surface area (Å²) < 4.78 is 0. The first-order chi connectivity index (χ1) is 15.9. The summed E-state index contributed by atoms with van der Waals surface area (Å²) in [6.45, 7) is 6.46. The van der Waals surface area contributed by atoms with Crippen LogP contribution in [0.3, 0.4) is 0 Å². The van der Waals surface area contributed by atoms with Crippen LogP contribution >= 0.6 is 22.9 Å². The topological polar surface area (TPSA) is 65.5 Å². The number of amides is 3. The van der Waals surface area contributed by atoms with E-state index in [2.05, 4.69) is 48.4 Å². The number of nitrogens with one attached hydrogen (secondary N) is 1. The summed E-state index contributed by atoms with van der Waals surface area (Å²) in [5, 5.41) is 6.17. The highest BCUT2D eigenvalue weighted by Gasteiger charge is 2.24. The fourth-order valence-electron chi connectivity index (χ4n) is 3.74. The average molecular weight is 483 g/mol. The van der Waals surface area contributed by atoms with Gasteiger partial charge in [0.15, 0.2) is 0 Å². The number of carbonyl (C=O) groups excluding carboxylic acids is 2. The van der Waals surface area contributed by atoms with E-state index in [1.54, 1.807) is 34.1 Å². The smallest absolute Gasteiger partial charge is 0.321 e. The van der Waals surface area contributed by atoms with Gasteiger partial charge in [-0.1, -0.05) is 49.7 Å². The number of thiazole rings is 1. The van der Waals surface area contributed by atoms with E-state index in [0.717, 1.165) is 10.6 Å². The highest BCUT2D eigenvalue weighted by Crippen LogP contribution is 2.26. The van der Waals surface area contributed by atoms with Crippen LogP contribution in [-0.2, 0) is 0 Å². The fourth-order valence-corrected chi connectivity index (χ4v) is 4.66. The largest absolute Gasteiger partial charge is 0.335 e. The van der Waals surface area contributed by atoms with Gasteiger partial charge in [0.25, 0.3) is 5.91 Å². The van der Waals surface area contributed by atoms with Gasteiger partial charge in [0.2, 0.25) is 0 Å². The molecule has 2 aromatic carbocycles. The normalized spacial score (nSPS) is 14.3. The molecule has 33 heavy (non-hydrogen) atoms. The number of hydrogen-bond acceptors (Lipinski definition) is 4. The van der Waals surface area contributed by atoms with Gasteiger partial charge in [-0.05, 0) is 42.2 Å². The Morgan fingerprint density at radius 3 is 2.33 bits per heavy atom. The SMILES string of the molecule is CC(C)c1ccc(-c2nc(C(=O)N3CCCN(C(=O)Nc4ccc(Cl)cc4)CC3)cs2)cc1. The molecule has 3 amide bonds. The molecule has 1 aromatic heterocycles. The van der Waals surface area contributed by atoms with Gasteiger partial charge in [-0.2, -0.15) is 0 Å². The molecule has 0 spiro atoms. The standard InChI is InChI=1S/C25H27ClN4O2S/c1-17(2)18-4-6-19(7-5-18)23-28-22(16-33-23)24(31)29-12-3-13-30(15-14-29)25(32)27-21-10-8-20(26)9-11-21/h4-11,16-17H,3,12-15H2,1-2H3,(H,27,32). The van der Waals surface area contributed by atoms with Crippen molar-refractivity contribution in [3.05, 3.63) is 70.2 Å². The summed E-state index contributed by atoms with van der Waals surface area (Å²) in [6, 6.07) is 15.2. The number of anilines is 1. The molecule has 1 N–H and O–H groups in total. The zero-order chi connectivity index (χ0) is 23.4. The second-order valence-corrected chi connectivity index (χ2v) is 9.68. The Labute approximate surface area is 203 Å². The highest BCUT2D eigenvalue weighted by molar-refractivity contribution is 7.13. The van der Waals surface area contributed by atoms with Gasteiger partial charge in [0.05, 0.1) is 0 Å². The van der Waals surface area contributed by atoms with Crippen molar-refractivity contribution < 1.29 is 9.59 Å². The maximum Gasteiger partial charge on any atom is 0.321 e. The Hall–Kier alpha value is -2.90. The summed E-state index contributed by atoms with van der Waals surface area (Å²) in [5.41, 5.74) is 3.45. The fraction of sp³-hybridized carbons (Fsp3) is 0.320. The number of benzene rings is 2. The number of aromatic nitrogens is 1. The lowest BCUT2D eigenvalue weighted by Crippen LogP contribution is -2.39. The second kappa shape index (κ2) is 10.4. The molecule has 0 unspecified atom stereocenters. The molecule has 0 atom stereocenters. The lowest BCUT2D eigenvalue weighted by molar-refractivity contribution is 0.0757. The van der Waals surface area contributed by atoms with Crippen molar-refractivity contribution in [1.29, 1.82) is 0 Å². The van der Waals surface area contributed by atoms with Crippen molar-refractivity contribution in [3.8, 4) is 10.6 Å². The van der Waals surface area contributed by atoms with Crippen LogP contribution in [0.15, 0.2) is 53.9 Å². The molecule has 1 aliphatic rings. The van der Waals surface area contributed by atoms with Crippen LogP contribution < -0.4 is 5.32 Å². The summed E-state index contributed by atoms with van der Waals surface area (Å²) in [4.78, 5) is 33.9. The van der Waals surface area contributed by atoms with Crippen LogP contribution in [0.1, 0.15) is 42.2 Å². The Kier molecular flexibility index (Phi) is 7.30. The van der Waals surface area contributed by atoms with Gasteiger partial charge >= 0.3 is 6.03 Å². The number of halogens is 1. The maximum absolute atomic E-state index is 13.1. The van der Waals surface area contributed by atoms with Crippen molar-refractivity contribution in [3.63, 3.8) is 0 Å². The van der Waals surface area contributed by atoms with Crippen LogP contribution in [0.5, 0.6) is 0 Å². The second-order valence-electron chi connectivity index (χ2n) is 8.38. The molecule has 8 heteroatoms. The zero-order valence-corrected chi connectivity index (χ0v) is 20.3. The van der Waals surface area contributed by atoms with Crippen LogP contribution in [0, 0.1) is 0 Å². The quantitative estimate of drug-likeness (QED) is 0.498. The first-order valence-corrected chi connectivity index (χ1v) is 12.3. The third kappa shape index (κ3) is 5.72. The molecular weight excluding hydrogens is 456 g/mol. The van der Waals surface area contributed by atoms with Crippen LogP contribution in [-0.4, -0.2) is 52.9 Å². The molecule has 0 saturated carbocycles. The van der Waals surface area contributed by atoms with Crippen molar-refractivity contribution >= 4 is 40.6 Å². The molecule has 0 bridgehead atoms. The van der Waals surface area contributed by atoms with E-state index in [4.69, 9.17) is 11.6 Å². The molecule has 1 fully saturated rings. The Morgan fingerprint density at radius 1 is 0.970 bits per heavy atom. The summed E-state index contributed by atoms with van der Waals surface area (Å²) >= 11 is 7.38. The van der Waals surface area contributed by atoms with Gasteiger partial charge in [-0.25, -0.2) is 9.78 Å². The van der Waals surface area contributed by atoms with E-state index in [1.165, 1.54) is 16.9 Å². The van der Waals surface area contributed by atoms with Gasteiger partial charge in [0.1, 0.15) is 10.7 Å². The molecular formula is C25H27ClN4O2S. The number of hydrogen-bond donors (Lipinski definition) is 1. The predicted octanol–water partition coefficient (Wildman–Crippen LogP) is 5.97. The molecule has 0 radical (unpaired) electrons. The van der Waals surface area contributed by atoms with Crippen LogP contribution in [0.2, 0.25) is 5.02 Å². The predicted molar refractivity (Wildman–Crippen MR) is 134 cm³/mol. The summed E-state index contributed by atoms with van der Waals surface area (Å²) in [7, 11) is 0. The van der Waals surface area contributed by atoms with Crippen molar-refractivity contribution in [2.75, 3.05) is 31.5 Å². The number of carbonyl (C=O) groups is 2. The van der Waals surface area contributed by atoms with E-state index >= 15 is 0 Å². The summed E-state index contributed by atoms with van der Waals surface area (Å²) in [6.07, 6.45) is 0.716. The Morgan fingerprint density at radius 2 is 1.64 bits per heavy atom. The molecule has 1 saturated heterocycles. The lowest BCUT2D eigenvalue weighted by atomic mass is 10.0. The van der Waals surface area contributed by atoms with Crippen LogP contribution in [0.4, 0.5) is 10.5 Å². The minimum absolute atomic E-state index is 0.0868. The molecule has 4 rings (SSSR count). The van der Waals surface area contributed by atoms with Gasteiger partial charge in [-0.3, -0.25) is 4.79 Å². The van der Waals surface area contributed by atoms with Crippen LogP contribution in [0.25, 0.3) is 10.6 Å². The summed E-state index contributed by atoms with van der Waals surface area (Å²) in [5.74, 6) is 0.389. The Bertz CT molecular complexity index is 1110. The van der Waals surface area contributed by atoms with Crippen molar-refractivity contribution in [1.82, 2.24) is 14.8 Å². The molecule has 1 aliphatic heterocycles. The first-order valence-electron chi connectivity index (χ1n) is 11.1. The van der Waals surface area contributed by atoms with E-state index in [0.29, 0.717) is 54.9 Å². The van der Waals surface area contributed by atoms with E-state index in [-0.39, 0.29) is 11.9 Å². The lowest BCUT2D eigenvalue weighted by Gasteiger charge is -2.22. The minimum atomic E-state index is -0.174. The molecule has 172 valence electrons. The maximum atomic E-state index is 13.1. The zero-order valence-electron chi connectivity index (χ0n) is 18.8. The van der Waals surface area contributed by atoms with Crippen molar-refractivity contribution in [2.24, 2.45) is 0 Å². The first kappa shape index (κ1) is 23.3. The Balaban J connectivity index is 1.36. The average Bonchev–Trinajstić information content (AvgIpc) is 3.18. The molecule has 2 heterocycles. The van der Waals surface area contributed by atoms with E-state index in [9.17, 15) is 9.59 Å².